The van der Waals surface area contributed by atoms with Crippen LogP contribution in [0.15, 0.2) is 0 Å². The van der Waals surface area contributed by atoms with E-state index in [4.69, 9.17) is 20.3 Å². The third-order valence-corrected chi connectivity index (χ3v) is 3.69. The number of nitrogens with one attached hydrogen (secondary N) is 1. The summed E-state index contributed by atoms with van der Waals surface area (Å²) in [5, 5.41) is 0. The lowest BCUT2D eigenvalue weighted by Crippen LogP contribution is -2.25. The molecule has 6 heteroatoms. The van der Waals surface area contributed by atoms with Gasteiger partial charge in [0, 0.05) is 11.3 Å². The zero-order valence-corrected chi connectivity index (χ0v) is 11.0. The van der Waals surface area contributed by atoms with Gasteiger partial charge < -0.3 is 14.9 Å². The van der Waals surface area contributed by atoms with Gasteiger partial charge >= 0.3 is 0 Å². The van der Waals surface area contributed by atoms with Crippen LogP contribution in [-0.2, 0) is 22.3 Å². The number of hydrogen-bond acceptors (Lipinski definition) is 6. The van der Waals surface area contributed by atoms with E-state index in [9.17, 15) is 0 Å². The standard InChI is InChI=1S/C13H20N4O2/c14-17-12-9-4-2-1-3-5-10(9)15-13(16-12)11-8-18-6-7-19-11/h11H,1-8,14H2,(H,15,16,17). The molecule has 1 atom stereocenters. The van der Waals surface area contributed by atoms with Gasteiger partial charge in [-0.25, -0.2) is 15.8 Å². The van der Waals surface area contributed by atoms with Gasteiger partial charge in [-0.05, 0) is 25.7 Å². The monoisotopic (exact) mass is 264 g/mol. The highest BCUT2D eigenvalue weighted by molar-refractivity contribution is 5.46. The lowest BCUT2D eigenvalue weighted by Gasteiger charge is -2.23. The topological polar surface area (TPSA) is 82.3 Å². The van der Waals surface area contributed by atoms with Crippen molar-refractivity contribution in [2.45, 2.75) is 38.2 Å². The SMILES string of the molecule is NNc1nc(C2COCCO2)nc2c1CCCCC2. The fourth-order valence-corrected chi connectivity index (χ4v) is 2.69. The lowest BCUT2D eigenvalue weighted by atomic mass is 10.1. The fraction of sp³-hybridized carbons (Fsp3) is 0.692. The van der Waals surface area contributed by atoms with E-state index in [1.54, 1.807) is 0 Å². The summed E-state index contributed by atoms with van der Waals surface area (Å²) in [5.74, 6) is 7.05. The summed E-state index contributed by atoms with van der Waals surface area (Å²) in [6.45, 7) is 1.75. The Bertz CT molecular complexity index is 447. The molecule has 1 unspecified atom stereocenters. The van der Waals surface area contributed by atoms with E-state index in [0.29, 0.717) is 25.6 Å². The van der Waals surface area contributed by atoms with E-state index in [1.807, 2.05) is 0 Å². The molecular formula is C13H20N4O2. The average Bonchev–Trinajstić information content (AvgIpc) is 2.72. The molecule has 6 nitrogen and oxygen atoms in total. The Balaban J connectivity index is 1.94. The van der Waals surface area contributed by atoms with Gasteiger partial charge in [0.2, 0.25) is 0 Å². The fourth-order valence-electron chi connectivity index (χ4n) is 2.69. The van der Waals surface area contributed by atoms with Gasteiger partial charge in [-0.15, -0.1) is 0 Å². The highest BCUT2D eigenvalue weighted by Crippen LogP contribution is 2.27. The summed E-state index contributed by atoms with van der Waals surface area (Å²) in [4.78, 5) is 9.21. The maximum Gasteiger partial charge on any atom is 0.162 e. The van der Waals surface area contributed by atoms with Crippen molar-refractivity contribution in [3.05, 3.63) is 17.1 Å². The molecule has 1 aromatic heterocycles. The van der Waals surface area contributed by atoms with E-state index in [0.717, 1.165) is 24.4 Å². The van der Waals surface area contributed by atoms with Crippen molar-refractivity contribution in [2.75, 3.05) is 25.2 Å². The van der Waals surface area contributed by atoms with E-state index < -0.39 is 0 Å². The molecule has 1 fully saturated rings. The summed E-state index contributed by atoms with van der Waals surface area (Å²) < 4.78 is 11.1. The summed E-state index contributed by atoms with van der Waals surface area (Å²) in [7, 11) is 0. The smallest absolute Gasteiger partial charge is 0.162 e. The van der Waals surface area contributed by atoms with Crippen molar-refractivity contribution in [3.8, 4) is 0 Å². The summed E-state index contributed by atoms with van der Waals surface area (Å²) in [6, 6.07) is 0. The molecule has 2 heterocycles. The van der Waals surface area contributed by atoms with Crippen molar-refractivity contribution >= 4 is 5.82 Å². The molecule has 1 aliphatic heterocycles. The lowest BCUT2D eigenvalue weighted by molar-refractivity contribution is -0.0935. The second-order valence-corrected chi connectivity index (χ2v) is 5.00. The van der Waals surface area contributed by atoms with Gasteiger partial charge in [-0.1, -0.05) is 6.42 Å². The summed E-state index contributed by atoms with van der Waals surface area (Å²) in [5.41, 5.74) is 5.00. The van der Waals surface area contributed by atoms with Gasteiger partial charge in [-0.2, -0.15) is 0 Å². The molecule has 0 saturated carbocycles. The highest BCUT2D eigenvalue weighted by atomic mass is 16.6. The van der Waals surface area contributed by atoms with Crippen molar-refractivity contribution in [1.29, 1.82) is 0 Å². The number of aryl methyl sites for hydroxylation is 1. The largest absolute Gasteiger partial charge is 0.376 e. The van der Waals surface area contributed by atoms with Gasteiger partial charge in [-0.3, -0.25) is 0 Å². The number of aromatic nitrogens is 2. The number of nitrogens with zero attached hydrogens (tertiary/aromatic N) is 2. The molecule has 0 bridgehead atoms. The third-order valence-electron chi connectivity index (χ3n) is 3.69. The zero-order chi connectivity index (χ0) is 13.1. The Kier molecular flexibility index (Phi) is 3.91. The minimum Gasteiger partial charge on any atom is -0.376 e. The number of rotatable bonds is 2. The molecule has 104 valence electrons. The second kappa shape index (κ2) is 5.81. The molecule has 1 aromatic rings. The van der Waals surface area contributed by atoms with Crippen molar-refractivity contribution in [1.82, 2.24) is 9.97 Å². The van der Waals surface area contributed by atoms with Crippen LogP contribution < -0.4 is 11.3 Å². The van der Waals surface area contributed by atoms with Crippen LogP contribution >= 0.6 is 0 Å². The Hall–Kier alpha value is -1.24. The van der Waals surface area contributed by atoms with E-state index in [1.165, 1.54) is 24.8 Å². The first-order valence-electron chi connectivity index (χ1n) is 6.94. The maximum absolute atomic E-state index is 5.67. The van der Waals surface area contributed by atoms with E-state index in [2.05, 4.69) is 10.4 Å². The first kappa shape index (κ1) is 12.8. The summed E-state index contributed by atoms with van der Waals surface area (Å²) in [6.07, 6.45) is 5.40. The van der Waals surface area contributed by atoms with Gasteiger partial charge in [0.1, 0.15) is 11.9 Å². The molecule has 0 aromatic carbocycles. The predicted octanol–water partition coefficient (Wildman–Crippen LogP) is 1.12. The van der Waals surface area contributed by atoms with Crippen LogP contribution in [0.4, 0.5) is 5.82 Å². The van der Waals surface area contributed by atoms with Crippen LogP contribution in [0, 0.1) is 0 Å². The zero-order valence-electron chi connectivity index (χ0n) is 11.0. The number of nitrogen functional groups attached to an aromatic ring is 1. The summed E-state index contributed by atoms with van der Waals surface area (Å²) >= 11 is 0. The minimum atomic E-state index is -0.172. The Morgan fingerprint density at radius 2 is 2.00 bits per heavy atom. The van der Waals surface area contributed by atoms with Crippen LogP contribution in [0.3, 0.4) is 0 Å². The quantitative estimate of drug-likeness (QED) is 0.473. The van der Waals surface area contributed by atoms with Crippen LogP contribution in [0.5, 0.6) is 0 Å². The van der Waals surface area contributed by atoms with Gasteiger partial charge in [0.15, 0.2) is 5.82 Å². The average molecular weight is 264 g/mol. The number of anilines is 1. The van der Waals surface area contributed by atoms with E-state index in [-0.39, 0.29) is 6.10 Å². The van der Waals surface area contributed by atoms with Gasteiger partial charge in [0.05, 0.1) is 19.8 Å². The molecule has 3 rings (SSSR count). The number of hydrogen-bond donors (Lipinski definition) is 2. The van der Waals surface area contributed by atoms with Crippen molar-refractivity contribution in [2.24, 2.45) is 5.84 Å². The normalized spacial score (nSPS) is 23.5. The number of nitrogens with two attached hydrogens (primary N) is 1. The van der Waals surface area contributed by atoms with Crippen LogP contribution in [0.25, 0.3) is 0 Å². The first-order valence-corrected chi connectivity index (χ1v) is 6.94. The molecule has 1 aliphatic carbocycles. The molecule has 19 heavy (non-hydrogen) atoms. The second-order valence-electron chi connectivity index (χ2n) is 5.00. The highest BCUT2D eigenvalue weighted by Gasteiger charge is 2.23. The van der Waals surface area contributed by atoms with Crippen LogP contribution in [0.1, 0.15) is 42.4 Å². The molecule has 2 aliphatic rings. The third kappa shape index (κ3) is 2.70. The predicted molar refractivity (Wildman–Crippen MR) is 70.6 cm³/mol. The van der Waals surface area contributed by atoms with Gasteiger partial charge in [0.25, 0.3) is 0 Å². The first-order chi connectivity index (χ1) is 9.38. The number of fused-ring (bicyclic) bond motifs is 1. The Labute approximate surface area is 112 Å². The van der Waals surface area contributed by atoms with E-state index >= 15 is 0 Å². The number of ether oxygens (including phenoxy) is 2. The maximum atomic E-state index is 5.67. The molecule has 3 N–H and O–H groups in total. The number of hydrazine groups is 1. The molecular weight excluding hydrogens is 244 g/mol. The molecule has 0 amide bonds. The molecule has 0 radical (unpaired) electrons. The van der Waals surface area contributed by atoms with Crippen LogP contribution in [-0.4, -0.2) is 29.8 Å². The Morgan fingerprint density at radius 1 is 1.11 bits per heavy atom. The molecule has 1 saturated heterocycles. The van der Waals surface area contributed by atoms with Crippen molar-refractivity contribution < 1.29 is 9.47 Å². The molecule has 0 spiro atoms. The van der Waals surface area contributed by atoms with Crippen LogP contribution in [0.2, 0.25) is 0 Å². The minimum absolute atomic E-state index is 0.172. The Morgan fingerprint density at radius 3 is 2.79 bits per heavy atom. The van der Waals surface area contributed by atoms with Crippen molar-refractivity contribution in [3.63, 3.8) is 0 Å².